The van der Waals surface area contributed by atoms with E-state index < -0.39 is 23.6 Å². The number of hydrogen-bond donors (Lipinski definition) is 0. The number of ether oxygens (including phenoxy) is 2. The quantitative estimate of drug-likeness (QED) is 0.359. The number of anilines is 1. The van der Waals surface area contributed by atoms with Crippen LogP contribution >= 0.6 is 0 Å². The Morgan fingerprint density at radius 3 is 2.18 bits per heavy atom. The van der Waals surface area contributed by atoms with Gasteiger partial charge in [0.2, 0.25) is 0 Å². The number of carbonyl (C=O) groups is 3. The Bertz CT molecular complexity index is 875. The normalized spacial score (nSPS) is 16.7. The topological polar surface area (TPSA) is 123 Å². The average Bonchev–Trinajstić information content (AvgIpc) is 3.11. The highest BCUT2D eigenvalue weighted by molar-refractivity contribution is 5.93. The van der Waals surface area contributed by atoms with Crippen LogP contribution in [0, 0.1) is 10.1 Å². The first-order valence-corrected chi connectivity index (χ1v) is 11.3. The minimum absolute atomic E-state index is 0.0280. The van der Waals surface area contributed by atoms with Crippen LogP contribution in [0.25, 0.3) is 0 Å². The van der Waals surface area contributed by atoms with E-state index in [0.29, 0.717) is 31.9 Å². The Kier molecular flexibility index (Phi) is 8.45. The molecule has 0 atom stereocenters. The molecule has 1 aromatic carbocycles. The summed E-state index contributed by atoms with van der Waals surface area (Å²) in [5.41, 5.74) is 0.377. The first-order valence-electron chi connectivity index (χ1n) is 11.3. The van der Waals surface area contributed by atoms with Gasteiger partial charge in [0.1, 0.15) is 5.69 Å². The third-order valence-corrected chi connectivity index (χ3v) is 5.84. The van der Waals surface area contributed by atoms with Crippen LogP contribution in [0.1, 0.15) is 43.0 Å². The molecule has 2 saturated heterocycles. The number of amides is 2. The molecule has 11 heteroatoms. The molecule has 0 aliphatic carbocycles. The van der Waals surface area contributed by atoms with Gasteiger partial charge < -0.3 is 24.2 Å². The van der Waals surface area contributed by atoms with Gasteiger partial charge in [-0.15, -0.1) is 0 Å². The lowest BCUT2D eigenvalue weighted by molar-refractivity contribution is -0.384. The van der Waals surface area contributed by atoms with E-state index in [1.54, 1.807) is 13.0 Å². The van der Waals surface area contributed by atoms with Crippen molar-refractivity contribution in [2.45, 2.75) is 32.6 Å². The first-order chi connectivity index (χ1) is 15.9. The molecule has 0 N–H and O–H groups in total. The monoisotopic (exact) mass is 462 g/mol. The minimum atomic E-state index is -0.793. The lowest BCUT2D eigenvalue weighted by Crippen LogP contribution is -2.51. The molecular weight excluding hydrogens is 432 g/mol. The van der Waals surface area contributed by atoms with Crippen LogP contribution in [0.3, 0.4) is 0 Å². The fourth-order valence-electron chi connectivity index (χ4n) is 4.03. The van der Waals surface area contributed by atoms with E-state index in [2.05, 4.69) is 0 Å². The third-order valence-electron chi connectivity index (χ3n) is 5.84. The Morgan fingerprint density at radius 2 is 1.58 bits per heavy atom. The highest BCUT2D eigenvalue weighted by Crippen LogP contribution is 2.31. The van der Waals surface area contributed by atoms with E-state index in [9.17, 15) is 24.5 Å². The maximum absolute atomic E-state index is 12.5. The van der Waals surface area contributed by atoms with Gasteiger partial charge in [0.05, 0.1) is 17.1 Å². The Morgan fingerprint density at radius 1 is 0.939 bits per heavy atom. The lowest BCUT2D eigenvalue weighted by atomic mass is 10.1. The largest absolute Gasteiger partial charge is 0.452 e. The van der Waals surface area contributed by atoms with Crippen LogP contribution in [0.4, 0.5) is 16.2 Å². The maximum Gasteiger partial charge on any atom is 0.409 e. The Balaban J connectivity index is 1.56. The molecule has 0 bridgehead atoms. The molecular formula is C22H30N4O7. The second-order valence-electron chi connectivity index (χ2n) is 8.00. The number of rotatable bonds is 6. The smallest absolute Gasteiger partial charge is 0.409 e. The van der Waals surface area contributed by atoms with Gasteiger partial charge in [0, 0.05) is 45.3 Å². The molecule has 3 rings (SSSR count). The maximum atomic E-state index is 12.5. The number of hydrogen-bond acceptors (Lipinski definition) is 8. The number of nitrogens with zero attached hydrogens (tertiary/aromatic N) is 4. The summed E-state index contributed by atoms with van der Waals surface area (Å²) in [6, 6.07) is 4.29. The van der Waals surface area contributed by atoms with E-state index in [1.807, 2.05) is 4.90 Å². The van der Waals surface area contributed by atoms with Crippen molar-refractivity contribution in [1.29, 1.82) is 0 Å². The average molecular weight is 463 g/mol. The fraction of sp³-hybridized carbons (Fsp3) is 0.591. The molecule has 11 nitrogen and oxygen atoms in total. The van der Waals surface area contributed by atoms with E-state index in [-0.39, 0.29) is 23.8 Å². The number of piperazine rings is 1. The first kappa shape index (κ1) is 24.3. The summed E-state index contributed by atoms with van der Waals surface area (Å²) in [6.45, 7) is 4.31. The lowest BCUT2D eigenvalue weighted by Gasteiger charge is -2.33. The summed E-state index contributed by atoms with van der Waals surface area (Å²) in [7, 11) is 0. The molecule has 2 aliphatic heterocycles. The predicted molar refractivity (Wildman–Crippen MR) is 119 cm³/mol. The van der Waals surface area contributed by atoms with Crippen molar-refractivity contribution in [2.24, 2.45) is 0 Å². The number of benzene rings is 1. The van der Waals surface area contributed by atoms with Crippen molar-refractivity contribution >= 4 is 29.3 Å². The highest BCUT2D eigenvalue weighted by Gasteiger charge is 2.27. The van der Waals surface area contributed by atoms with Crippen molar-refractivity contribution in [1.82, 2.24) is 9.80 Å². The summed E-state index contributed by atoms with van der Waals surface area (Å²) >= 11 is 0. The van der Waals surface area contributed by atoms with Crippen LogP contribution in [0.5, 0.6) is 0 Å². The third kappa shape index (κ3) is 6.33. The zero-order chi connectivity index (χ0) is 23.8. The van der Waals surface area contributed by atoms with E-state index in [1.165, 1.54) is 21.9 Å². The summed E-state index contributed by atoms with van der Waals surface area (Å²) in [5, 5.41) is 11.6. The minimum Gasteiger partial charge on any atom is -0.452 e. The van der Waals surface area contributed by atoms with E-state index >= 15 is 0 Å². The molecule has 2 aliphatic rings. The predicted octanol–water partition coefficient (Wildman–Crippen LogP) is 2.43. The molecule has 0 aromatic heterocycles. The van der Waals surface area contributed by atoms with Gasteiger partial charge >= 0.3 is 12.1 Å². The summed E-state index contributed by atoms with van der Waals surface area (Å²) < 4.78 is 10.1. The molecule has 2 heterocycles. The summed E-state index contributed by atoms with van der Waals surface area (Å²) in [5.74, 6) is -1.18. The van der Waals surface area contributed by atoms with Gasteiger partial charge in [0.15, 0.2) is 6.61 Å². The van der Waals surface area contributed by atoms with Crippen molar-refractivity contribution in [3.63, 3.8) is 0 Å². The number of carbonyl (C=O) groups excluding carboxylic acids is 3. The molecule has 180 valence electrons. The van der Waals surface area contributed by atoms with Crippen molar-refractivity contribution in [2.75, 3.05) is 57.4 Å². The van der Waals surface area contributed by atoms with Crippen LogP contribution in [-0.2, 0) is 14.3 Å². The number of esters is 1. The number of nitro benzene ring substituents is 1. The molecule has 2 amide bonds. The van der Waals surface area contributed by atoms with Crippen molar-refractivity contribution in [3.05, 3.63) is 33.9 Å². The van der Waals surface area contributed by atoms with Gasteiger partial charge in [-0.05, 0) is 31.9 Å². The number of nitro groups is 1. The molecule has 0 radical (unpaired) electrons. The Labute approximate surface area is 192 Å². The van der Waals surface area contributed by atoms with Gasteiger partial charge in [-0.25, -0.2) is 9.59 Å². The van der Waals surface area contributed by atoms with Crippen LogP contribution in [0.15, 0.2) is 18.2 Å². The standard InChI is InChI=1S/C22H30N4O7/c1-2-32-22(29)25-13-11-24(12-14-25)20(27)16-33-21(28)17-7-8-18(19(15-17)26(30)31)23-9-5-3-4-6-10-23/h7-8,15H,2-6,9-14,16H2,1H3. The molecule has 0 saturated carbocycles. The van der Waals surface area contributed by atoms with E-state index in [4.69, 9.17) is 9.47 Å². The molecule has 0 unspecified atom stereocenters. The summed E-state index contributed by atoms with van der Waals surface area (Å²) in [4.78, 5) is 52.8. The fourth-order valence-corrected chi connectivity index (χ4v) is 4.03. The second kappa shape index (κ2) is 11.5. The zero-order valence-corrected chi connectivity index (χ0v) is 18.9. The molecule has 33 heavy (non-hydrogen) atoms. The van der Waals surface area contributed by atoms with Gasteiger partial charge in [-0.1, -0.05) is 12.8 Å². The van der Waals surface area contributed by atoms with Gasteiger partial charge in [-0.2, -0.15) is 0 Å². The van der Waals surface area contributed by atoms with Gasteiger partial charge in [0.25, 0.3) is 11.6 Å². The van der Waals surface area contributed by atoms with Crippen molar-refractivity contribution < 1.29 is 28.8 Å². The summed E-state index contributed by atoms with van der Waals surface area (Å²) in [6.07, 6.45) is 3.72. The molecule has 2 fully saturated rings. The SMILES string of the molecule is CCOC(=O)N1CCN(C(=O)COC(=O)c2ccc(N3CCCCCC3)c([N+](=O)[O-])c2)CC1. The van der Waals surface area contributed by atoms with Crippen LogP contribution in [-0.4, -0.2) is 85.2 Å². The zero-order valence-electron chi connectivity index (χ0n) is 18.9. The van der Waals surface area contributed by atoms with Crippen LogP contribution < -0.4 is 4.90 Å². The molecule has 0 spiro atoms. The Hall–Kier alpha value is -3.37. The highest BCUT2D eigenvalue weighted by atomic mass is 16.6. The van der Waals surface area contributed by atoms with Gasteiger partial charge in [-0.3, -0.25) is 14.9 Å². The second-order valence-corrected chi connectivity index (χ2v) is 8.00. The van der Waals surface area contributed by atoms with E-state index in [0.717, 1.165) is 38.8 Å². The van der Waals surface area contributed by atoms with Crippen LogP contribution in [0.2, 0.25) is 0 Å². The van der Waals surface area contributed by atoms with Crippen molar-refractivity contribution in [3.8, 4) is 0 Å². The molecule has 1 aromatic rings.